The van der Waals surface area contributed by atoms with Gasteiger partial charge in [0.2, 0.25) is 0 Å². The minimum absolute atomic E-state index is 0.140. The van der Waals surface area contributed by atoms with Crippen LogP contribution in [0.5, 0.6) is 0 Å². The molecular formula is C13H23N3O2S. The number of nitrogens with one attached hydrogen (secondary N) is 1. The fourth-order valence-corrected chi connectivity index (χ4v) is 2.71. The van der Waals surface area contributed by atoms with E-state index in [9.17, 15) is 4.79 Å². The summed E-state index contributed by atoms with van der Waals surface area (Å²) in [6.07, 6.45) is 3.50. The van der Waals surface area contributed by atoms with Gasteiger partial charge in [-0.05, 0) is 25.3 Å². The molecule has 0 aliphatic rings. The van der Waals surface area contributed by atoms with Crippen LogP contribution < -0.4 is 11.1 Å². The highest BCUT2D eigenvalue weighted by Crippen LogP contribution is 2.12. The Hall–Kier alpha value is -0.980. The minimum atomic E-state index is -0.140. The summed E-state index contributed by atoms with van der Waals surface area (Å²) in [4.78, 5) is 16.2. The second-order valence-electron chi connectivity index (χ2n) is 4.54. The number of aliphatic hydroxyl groups is 1. The monoisotopic (exact) mass is 285 g/mol. The number of aromatic nitrogens is 1. The zero-order valence-electron chi connectivity index (χ0n) is 11.4. The van der Waals surface area contributed by atoms with Crippen LogP contribution in [0.15, 0.2) is 5.38 Å². The molecule has 1 aromatic rings. The normalized spacial score (nSPS) is 12.4. The van der Waals surface area contributed by atoms with Crippen molar-refractivity contribution in [1.29, 1.82) is 0 Å². The van der Waals surface area contributed by atoms with Gasteiger partial charge in [0.05, 0.1) is 5.01 Å². The third-order valence-electron chi connectivity index (χ3n) is 2.93. The number of thiazole rings is 1. The first-order chi connectivity index (χ1) is 9.21. The Morgan fingerprint density at radius 2 is 2.37 bits per heavy atom. The number of aliphatic hydroxyl groups excluding tert-OH is 1. The molecule has 1 atom stereocenters. The fraction of sp³-hybridized carbons (Fsp3) is 0.692. The molecule has 6 heteroatoms. The number of amides is 1. The zero-order valence-corrected chi connectivity index (χ0v) is 12.2. The second-order valence-corrected chi connectivity index (χ2v) is 5.48. The molecule has 108 valence electrons. The van der Waals surface area contributed by atoms with Crippen molar-refractivity contribution in [2.45, 2.75) is 32.6 Å². The molecule has 1 amide bonds. The smallest absolute Gasteiger partial charge is 0.270 e. The van der Waals surface area contributed by atoms with E-state index in [-0.39, 0.29) is 12.5 Å². The average molecular weight is 285 g/mol. The summed E-state index contributed by atoms with van der Waals surface area (Å²) in [5.74, 6) is 0.194. The molecule has 0 aliphatic heterocycles. The predicted molar refractivity (Wildman–Crippen MR) is 77.3 cm³/mol. The van der Waals surface area contributed by atoms with Crippen LogP contribution in [0, 0.1) is 5.92 Å². The van der Waals surface area contributed by atoms with Gasteiger partial charge in [-0.1, -0.05) is 13.3 Å². The summed E-state index contributed by atoms with van der Waals surface area (Å²) in [5, 5.41) is 14.5. The molecule has 0 saturated heterocycles. The van der Waals surface area contributed by atoms with Crippen molar-refractivity contribution >= 4 is 17.2 Å². The Kier molecular flexibility index (Phi) is 7.62. The van der Waals surface area contributed by atoms with Crippen molar-refractivity contribution in [2.75, 3.05) is 19.7 Å². The molecule has 0 saturated carbocycles. The average Bonchev–Trinajstić information content (AvgIpc) is 2.85. The molecule has 4 N–H and O–H groups in total. The summed E-state index contributed by atoms with van der Waals surface area (Å²) in [6, 6.07) is 0. The Morgan fingerprint density at radius 1 is 1.58 bits per heavy atom. The number of nitrogens with zero attached hydrogens (tertiary/aromatic N) is 1. The predicted octanol–water partition coefficient (Wildman–Crippen LogP) is 1.17. The van der Waals surface area contributed by atoms with E-state index >= 15 is 0 Å². The van der Waals surface area contributed by atoms with E-state index in [1.54, 1.807) is 5.38 Å². The largest absolute Gasteiger partial charge is 0.396 e. The van der Waals surface area contributed by atoms with Crippen LogP contribution in [-0.2, 0) is 6.42 Å². The highest BCUT2D eigenvalue weighted by atomic mass is 32.1. The van der Waals surface area contributed by atoms with Crippen molar-refractivity contribution in [1.82, 2.24) is 10.3 Å². The summed E-state index contributed by atoms with van der Waals surface area (Å²) in [7, 11) is 0. The number of nitrogens with two attached hydrogens (primary N) is 1. The van der Waals surface area contributed by atoms with E-state index in [1.807, 2.05) is 0 Å². The van der Waals surface area contributed by atoms with Gasteiger partial charge < -0.3 is 16.2 Å². The van der Waals surface area contributed by atoms with Gasteiger partial charge in [0.25, 0.3) is 5.91 Å². The molecule has 0 fully saturated rings. The second kappa shape index (κ2) is 9.01. The molecule has 1 aromatic heterocycles. The topological polar surface area (TPSA) is 88.2 Å². The van der Waals surface area contributed by atoms with Crippen LogP contribution in [0.1, 0.15) is 41.7 Å². The lowest BCUT2D eigenvalue weighted by atomic mass is 10.0. The summed E-state index contributed by atoms with van der Waals surface area (Å²) < 4.78 is 0. The van der Waals surface area contributed by atoms with Crippen LogP contribution >= 0.6 is 11.3 Å². The molecule has 0 radical (unpaired) electrons. The number of hydrogen-bond acceptors (Lipinski definition) is 5. The van der Waals surface area contributed by atoms with Crippen molar-refractivity contribution < 1.29 is 9.90 Å². The van der Waals surface area contributed by atoms with Crippen molar-refractivity contribution in [2.24, 2.45) is 11.7 Å². The third-order valence-corrected chi connectivity index (χ3v) is 3.84. The van der Waals surface area contributed by atoms with Crippen molar-refractivity contribution in [3.05, 3.63) is 16.1 Å². The molecule has 0 bridgehead atoms. The quantitative estimate of drug-likeness (QED) is 0.635. The van der Waals surface area contributed by atoms with E-state index in [0.29, 0.717) is 31.1 Å². The molecule has 5 nitrogen and oxygen atoms in total. The van der Waals surface area contributed by atoms with Crippen molar-refractivity contribution in [3.8, 4) is 0 Å². The Balaban J connectivity index is 2.44. The number of carbonyl (C=O) groups is 1. The van der Waals surface area contributed by atoms with Crippen LogP contribution in [0.4, 0.5) is 0 Å². The summed E-state index contributed by atoms with van der Waals surface area (Å²) >= 11 is 1.47. The molecule has 1 rings (SSSR count). The summed E-state index contributed by atoms with van der Waals surface area (Å²) in [5.41, 5.74) is 5.92. The first-order valence-corrected chi connectivity index (χ1v) is 7.62. The van der Waals surface area contributed by atoms with Gasteiger partial charge in [-0.15, -0.1) is 11.3 Å². The van der Waals surface area contributed by atoms with Gasteiger partial charge in [-0.25, -0.2) is 4.98 Å². The van der Waals surface area contributed by atoms with Gasteiger partial charge in [-0.3, -0.25) is 4.79 Å². The Bertz CT molecular complexity index is 376. The maximum atomic E-state index is 11.9. The highest BCUT2D eigenvalue weighted by molar-refractivity contribution is 7.09. The van der Waals surface area contributed by atoms with E-state index in [0.717, 1.165) is 24.3 Å². The molecule has 19 heavy (non-hydrogen) atoms. The van der Waals surface area contributed by atoms with E-state index in [1.165, 1.54) is 11.3 Å². The molecule has 1 heterocycles. The molecule has 1 unspecified atom stereocenters. The van der Waals surface area contributed by atoms with E-state index in [4.69, 9.17) is 10.8 Å². The molecule has 0 spiro atoms. The molecular weight excluding hydrogens is 262 g/mol. The van der Waals surface area contributed by atoms with Crippen LogP contribution in [0.25, 0.3) is 0 Å². The van der Waals surface area contributed by atoms with Gasteiger partial charge in [0.15, 0.2) is 0 Å². The van der Waals surface area contributed by atoms with Crippen LogP contribution in [-0.4, -0.2) is 35.7 Å². The number of carbonyl (C=O) groups excluding carboxylic acids is 1. The summed E-state index contributed by atoms with van der Waals surface area (Å²) in [6.45, 7) is 3.41. The van der Waals surface area contributed by atoms with Crippen LogP contribution in [0.2, 0.25) is 0 Å². The van der Waals surface area contributed by atoms with Crippen molar-refractivity contribution in [3.63, 3.8) is 0 Å². The lowest BCUT2D eigenvalue weighted by molar-refractivity contribution is 0.0938. The highest BCUT2D eigenvalue weighted by Gasteiger charge is 2.13. The number of hydrogen-bond donors (Lipinski definition) is 3. The SMILES string of the molecule is CCCC(CCO)CNC(=O)c1csc(CCN)n1. The maximum Gasteiger partial charge on any atom is 0.270 e. The first-order valence-electron chi connectivity index (χ1n) is 6.74. The van der Waals surface area contributed by atoms with Gasteiger partial charge in [-0.2, -0.15) is 0 Å². The Labute approximate surface area is 118 Å². The van der Waals surface area contributed by atoms with E-state index < -0.39 is 0 Å². The van der Waals surface area contributed by atoms with Gasteiger partial charge in [0, 0.05) is 25.0 Å². The lowest BCUT2D eigenvalue weighted by Gasteiger charge is -2.15. The minimum Gasteiger partial charge on any atom is -0.396 e. The standard InChI is InChI=1S/C13H23N3O2S/c1-2-3-10(5-7-17)8-15-13(18)11-9-19-12(16-11)4-6-14/h9-10,17H,2-8,14H2,1H3,(H,15,18). The van der Waals surface area contributed by atoms with Gasteiger partial charge >= 0.3 is 0 Å². The molecule has 0 aromatic carbocycles. The first kappa shape index (κ1) is 16.1. The number of rotatable bonds is 9. The molecule has 0 aliphatic carbocycles. The maximum absolute atomic E-state index is 11.9. The third kappa shape index (κ3) is 5.67. The fourth-order valence-electron chi connectivity index (χ4n) is 1.92. The van der Waals surface area contributed by atoms with Crippen LogP contribution in [0.3, 0.4) is 0 Å². The zero-order chi connectivity index (χ0) is 14.1. The van der Waals surface area contributed by atoms with Gasteiger partial charge in [0.1, 0.15) is 5.69 Å². The Morgan fingerprint density at radius 3 is 3.00 bits per heavy atom. The van der Waals surface area contributed by atoms with E-state index in [2.05, 4.69) is 17.2 Å². The lowest BCUT2D eigenvalue weighted by Crippen LogP contribution is -2.30.